The van der Waals surface area contributed by atoms with Crippen LogP contribution in [0.25, 0.3) is 0 Å². The molecular weight excluding hydrogens is 322 g/mol. The fraction of sp³-hybridized carbons (Fsp3) is 0.579. The Morgan fingerprint density at radius 3 is 2.40 bits per heavy atom. The lowest BCUT2D eigenvalue weighted by atomic mass is 9.74. The minimum atomic E-state index is -0.870. The normalized spacial score (nSPS) is 17.0. The number of methoxy groups -OCH3 is 1. The molecule has 0 aliphatic carbocycles. The van der Waals surface area contributed by atoms with Gasteiger partial charge in [-0.15, -0.1) is 0 Å². The van der Waals surface area contributed by atoms with Crippen molar-refractivity contribution in [1.82, 2.24) is 4.90 Å². The van der Waals surface area contributed by atoms with Crippen LogP contribution in [0.5, 0.6) is 5.75 Å². The summed E-state index contributed by atoms with van der Waals surface area (Å²) in [6.45, 7) is 6.22. The number of ether oxygens (including phenoxy) is 2. The van der Waals surface area contributed by atoms with Gasteiger partial charge in [-0.1, -0.05) is 12.1 Å². The summed E-state index contributed by atoms with van der Waals surface area (Å²) in [6, 6.07) is 7.47. The Kier molecular flexibility index (Phi) is 5.60. The Morgan fingerprint density at radius 2 is 1.88 bits per heavy atom. The van der Waals surface area contributed by atoms with E-state index in [4.69, 9.17) is 9.47 Å². The van der Waals surface area contributed by atoms with Gasteiger partial charge in [0.25, 0.3) is 0 Å². The predicted octanol–water partition coefficient (Wildman–Crippen LogP) is 3.34. The van der Waals surface area contributed by atoms with Gasteiger partial charge in [-0.2, -0.15) is 0 Å². The molecule has 1 N–H and O–H groups in total. The summed E-state index contributed by atoms with van der Waals surface area (Å²) < 4.78 is 10.6. The molecule has 1 aliphatic rings. The van der Waals surface area contributed by atoms with Gasteiger partial charge in [0.15, 0.2) is 0 Å². The molecule has 0 spiro atoms. The molecule has 1 aromatic rings. The van der Waals surface area contributed by atoms with E-state index in [9.17, 15) is 14.7 Å². The number of carbonyl (C=O) groups is 2. The van der Waals surface area contributed by atoms with E-state index in [-0.39, 0.29) is 6.09 Å². The standard InChI is InChI=1S/C19H27NO5/c1-18(2,3)25-17(23)20-10-8-19(9-11-20,16(21)22)13-14-6-5-7-15(12-14)24-4/h5-7,12H,8-11,13H2,1-4H3,(H,21,22). The zero-order valence-electron chi connectivity index (χ0n) is 15.4. The molecule has 6 nitrogen and oxygen atoms in total. The Bertz CT molecular complexity index is 627. The van der Waals surface area contributed by atoms with Crippen LogP contribution in [0, 0.1) is 5.41 Å². The first-order chi connectivity index (χ1) is 11.6. The number of aliphatic carboxylic acids is 1. The van der Waals surface area contributed by atoms with Gasteiger partial charge < -0.3 is 19.5 Å². The number of piperidine rings is 1. The number of carboxylic acids is 1. The Labute approximate surface area is 148 Å². The van der Waals surface area contributed by atoms with Crippen LogP contribution in [0.4, 0.5) is 4.79 Å². The van der Waals surface area contributed by atoms with Gasteiger partial charge in [-0.3, -0.25) is 4.79 Å². The smallest absolute Gasteiger partial charge is 0.410 e. The molecule has 1 heterocycles. The van der Waals surface area contributed by atoms with E-state index in [0.717, 1.165) is 5.56 Å². The third-order valence-corrected chi connectivity index (χ3v) is 4.50. The maximum Gasteiger partial charge on any atom is 0.410 e. The van der Waals surface area contributed by atoms with Crippen molar-refractivity contribution >= 4 is 12.1 Å². The highest BCUT2D eigenvalue weighted by Crippen LogP contribution is 2.36. The summed E-state index contributed by atoms with van der Waals surface area (Å²) in [5.74, 6) is -0.108. The number of rotatable bonds is 4. The number of likely N-dealkylation sites (tertiary alicyclic amines) is 1. The zero-order chi connectivity index (χ0) is 18.7. The molecule has 0 bridgehead atoms. The molecule has 1 aromatic carbocycles. The van der Waals surface area contributed by atoms with Crippen molar-refractivity contribution in [2.75, 3.05) is 20.2 Å². The SMILES string of the molecule is COc1cccc(CC2(C(=O)O)CCN(C(=O)OC(C)(C)C)CC2)c1. The number of nitrogens with zero attached hydrogens (tertiary/aromatic N) is 1. The van der Waals surface area contributed by atoms with Crippen molar-refractivity contribution in [2.45, 2.75) is 45.6 Å². The van der Waals surface area contributed by atoms with Crippen molar-refractivity contribution in [1.29, 1.82) is 0 Å². The number of carbonyl (C=O) groups excluding carboxylic acids is 1. The van der Waals surface area contributed by atoms with Crippen LogP contribution in [-0.4, -0.2) is 47.9 Å². The molecule has 1 amide bonds. The van der Waals surface area contributed by atoms with Crippen molar-refractivity contribution in [2.24, 2.45) is 5.41 Å². The van der Waals surface area contributed by atoms with Crippen molar-refractivity contribution in [3.8, 4) is 5.75 Å². The molecule has 1 fully saturated rings. The van der Waals surface area contributed by atoms with Crippen molar-refractivity contribution < 1.29 is 24.2 Å². The summed E-state index contributed by atoms with van der Waals surface area (Å²) in [5, 5.41) is 9.82. The molecule has 138 valence electrons. The fourth-order valence-corrected chi connectivity index (χ4v) is 3.08. The largest absolute Gasteiger partial charge is 0.497 e. The lowest BCUT2D eigenvalue weighted by Crippen LogP contribution is -2.48. The van der Waals surface area contributed by atoms with E-state index in [1.165, 1.54) is 0 Å². The molecule has 0 saturated carbocycles. The van der Waals surface area contributed by atoms with E-state index in [1.807, 2.05) is 45.0 Å². The summed E-state index contributed by atoms with van der Waals surface area (Å²) in [7, 11) is 1.59. The average Bonchev–Trinajstić information content (AvgIpc) is 2.54. The maximum atomic E-state index is 12.2. The van der Waals surface area contributed by atoms with Crippen LogP contribution in [0.1, 0.15) is 39.2 Å². The number of hydrogen-bond donors (Lipinski definition) is 1. The predicted molar refractivity (Wildman–Crippen MR) is 93.8 cm³/mol. The molecule has 2 rings (SSSR count). The van der Waals surface area contributed by atoms with Gasteiger partial charge >= 0.3 is 12.1 Å². The van der Waals surface area contributed by atoms with Crippen LogP contribution in [0.15, 0.2) is 24.3 Å². The highest BCUT2D eigenvalue weighted by Gasteiger charge is 2.43. The van der Waals surface area contributed by atoms with E-state index in [0.29, 0.717) is 38.1 Å². The van der Waals surface area contributed by atoms with E-state index >= 15 is 0 Å². The van der Waals surface area contributed by atoms with Gasteiger partial charge in [0.1, 0.15) is 11.4 Å². The van der Waals surface area contributed by atoms with Gasteiger partial charge in [0.2, 0.25) is 0 Å². The minimum Gasteiger partial charge on any atom is -0.497 e. The van der Waals surface area contributed by atoms with Crippen LogP contribution < -0.4 is 4.74 Å². The summed E-state index contributed by atoms with van der Waals surface area (Å²) in [5.41, 5.74) is -0.503. The Hall–Kier alpha value is -2.24. The lowest BCUT2D eigenvalue weighted by molar-refractivity contribution is -0.152. The Morgan fingerprint density at radius 1 is 1.24 bits per heavy atom. The van der Waals surface area contributed by atoms with Crippen molar-refractivity contribution in [3.63, 3.8) is 0 Å². The molecule has 0 unspecified atom stereocenters. The molecule has 0 radical (unpaired) electrons. The zero-order valence-corrected chi connectivity index (χ0v) is 15.4. The highest BCUT2D eigenvalue weighted by atomic mass is 16.6. The number of amides is 1. The van der Waals surface area contributed by atoms with Gasteiger partial charge in [-0.05, 0) is 57.7 Å². The molecule has 1 aliphatic heterocycles. The molecular formula is C19H27NO5. The maximum absolute atomic E-state index is 12.2. The second-order valence-electron chi connectivity index (χ2n) is 7.58. The lowest BCUT2D eigenvalue weighted by Gasteiger charge is -2.39. The van der Waals surface area contributed by atoms with E-state index in [2.05, 4.69) is 0 Å². The van der Waals surface area contributed by atoms with Gasteiger partial charge in [-0.25, -0.2) is 4.79 Å². The molecule has 1 saturated heterocycles. The summed E-state index contributed by atoms with van der Waals surface area (Å²) >= 11 is 0. The summed E-state index contributed by atoms with van der Waals surface area (Å²) in [6.07, 6.45) is 0.840. The van der Waals surface area contributed by atoms with Crippen molar-refractivity contribution in [3.05, 3.63) is 29.8 Å². The van der Waals surface area contributed by atoms with Crippen LogP contribution >= 0.6 is 0 Å². The molecule has 0 atom stereocenters. The van der Waals surface area contributed by atoms with Crippen LogP contribution in [0.3, 0.4) is 0 Å². The Balaban J connectivity index is 2.08. The second-order valence-corrected chi connectivity index (χ2v) is 7.58. The first-order valence-corrected chi connectivity index (χ1v) is 8.49. The van der Waals surface area contributed by atoms with Gasteiger partial charge in [0.05, 0.1) is 12.5 Å². The molecule has 0 aromatic heterocycles. The second kappa shape index (κ2) is 7.33. The first-order valence-electron chi connectivity index (χ1n) is 8.49. The minimum absolute atomic E-state index is 0.380. The monoisotopic (exact) mass is 349 g/mol. The number of hydrogen-bond acceptors (Lipinski definition) is 4. The third kappa shape index (κ3) is 4.87. The quantitative estimate of drug-likeness (QED) is 0.902. The number of carboxylic acid groups (broad SMARTS) is 1. The van der Waals surface area contributed by atoms with E-state index < -0.39 is 17.0 Å². The number of benzene rings is 1. The third-order valence-electron chi connectivity index (χ3n) is 4.50. The highest BCUT2D eigenvalue weighted by molar-refractivity contribution is 5.76. The molecule has 6 heteroatoms. The summed E-state index contributed by atoms with van der Waals surface area (Å²) in [4.78, 5) is 25.7. The van der Waals surface area contributed by atoms with Crippen LogP contribution in [0.2, 0.25) is 0 Å². The van der Waals surface area contributed by atoms with Gasteiger partial charge in [0, 0.05) is 13.1 Å². The fourth-order valence-electron chi connectivity index (χ4n) is 3.08. The first kappa shape index (κ1) is 19.1. The van der Waals surface area contributed by atoms with Crippen LogP contribution in [-0.2, 0) is 16.0 Å². The average molecular weight is 349 g/mol. The topological polar surface area (TPSA) is 76.1 Å². The molecule has 25 heavy (non-hydrogen) atoms. The van der Waals surface area contributed by atoms with E-state index in [1.54, 1.807) is 12.0 Å².